The fourth-order valence-electron chi connectivity index (χ4n) is 3.68. The molecule has 2 aromatic carbocycles. The molecule has 6 nitrogen and oxygen atoms in total. The maximum atomic E-state index is 15.0. The largest absolute Gasteiger partial charge is 0.459 e. The first-order valence-corrected chi connectivity index (χ1v) is 11.7. The zero-order valence-corrected chi connectivity index (χ0v) is 20.6. The predicted molar refractivity (Wildman–Crippen MR) is 130 cm³/mol. The molecular weight excluding hydrogens is 482 g/mol. The number of carbonyl (C=O) groups excluding carboxylic acids is 3. The van der Waals surface area contributed by atoms with E-state index in [2.05, 4.69) is 10.6 Å². The van der Waals surface area contributed by atoms with E-state index in [0.29, 0.717) is 39.6 Å². The maximum absolute atomic E-state index is 15.0. The van der Waals surface area contributed by atoms with Gasteiger partial charge < -0.3 is 15.4 Å². The number of hydrogen-bond donors (Lipinski definition) is 2. The van der Waals surface area contributed by atoms with Crippen LogP contribution in [-0.4, -0.2) is 49.8 Å². The lowest BCUT2D eigenvalue weighted by molar-refractivity contribution is -0.151. The Bertz CT molecular complexity index is 1070. The second-order valence-corrected chi connectivity index (χ2v) is 9.41. The summed E-state index contributed by atoms with van der Waals surface area (Å²) in [6, 6.07) is 9.59. The van der Waals surface area contributed by atoms with Crippen LogP contribution >= 0.6 is 23.2 Å². The van der Waals surface area contributed by atoms with Crippen molar-refractivity contribution in [2.45, 2.75) is 38.2 Å². The van der Waals surface area contributed by atoms with Crippen molar-refractivity contribution >= 4 is 40.7 Å². The van der Waals surface area contributed by atoms with Gasteiger partial charge in [-0.05, 0) is 56.0 Å². The lowest BCUT2D eigenvalue weighted by Crippen LogP contribution is -2.42. The van der Waals surface area contributed by atoms with Crippen LogP contribution in [-0.2, 0) is 24.5 Å². The Morgan fingerprint density at radius 3 is 2.09 bits per heavy atom. The van der Waals surface area contributed by atoms with E-state index in [-0.39, 0.29) is 37.7 Å². The second-order valence-electron chi connectivity index (χ2n) is 8.60. The number of ketones is 2. The molecule has 0 saturated heterocycles. The highest BCUT2D eigenvalue weighted by Gasteiger charge is 2.53. The van der Waals surface area contributed by atoms with Crippen LogP contribution in [0.25, 0.3) is 11.1 Å². The van der Waals surface area contributed by atoms with Crippen molar-refractivity contribution in [1.29, 1.82) is 0 Å². The number of hydrogen-bond acceptors (Lipinski definition) is 6. The summed E-state index contributed by atoms with van der Waals surface area (Å²) in [6.45, 7) is 3.70. The fraction of sp³-hybridized carbons (Fsp3) is 0.400. The molecule has 2 aromatic rings. The van der Waals surface area contributed by atoms with Gasteiger partial charge in [0.2, 0.25) is 0 Å². The fourth-order valence-corrected chi connectivity index (χ4v) is 3.98. The van der Waals surface area contributed by atoms with Crippen LogP contribution in [0.4, 0.5) is 4.39 Å². The molecule has 0 radical (unpaired) electrons. The first kappa shape index (κ1) is 26.3. The zero-order valence-electron chi connectivity index (χ0n) is 19.1. The quantitative estimate of drug-likeness (QED) is 0.420. The number of carbonyl (C=O) groups is 3. The van der Waals surface area contributed by atoms with Crippen molar-refractivity contribution in [3.8, 4) is 11.1 Å². The van der Waals surface area contributed by atoms with Gasteiger partial charge in [-0.3, -0.25) is 14.4 Å². The Balaban J connectivity index is 1.73. The molecule has 0 aromatic heterocycles. The molecule has 0 unspecified atom stereocenters. The summed E-state index contributed by atoms with van der Waals surface area (Å²) in [5, 5.41) is 6.61. The number of rotatable bonds is 12. The van der Waals surface area contributed by atoms with Gasteiger partial charge in [-0.15, -0.1) is 0 Å². The highest BCUT2D eigenvalue weighted by Crippen LogP contribution is 2.50. The van der Waals surface area contributed by atoms with Gasteiger partial charge in [0.15, 0.2) is 0 Å². The average Bonchev–Trinajstić information content (AvgIpc) is 3.57. The molecule has 0 heterocycles. The van der Waals surface area contributed by atoms with Crippen molar-refractivity contribution in [3.63, 3.8) is 0 Å². The van der Waals surface area contributed by atoms with Gasteiger partial charge in [-0.2, -0.15) is 0 Å². The van der Waals surface area contributed by atoms with Gasteiger partial charge in [0.05, 0.1) is 28.5 Å². The van der Waals surface area contributed by atoms with Gasteiger partial charge in [-0.25, -0.2) is 4.39 Å². The molecule has 0 spiro atoms. The summed E-state index contributed by atoms with van der Waals surface area (Å²) in [5.41, 5.74) is 0.576. The Morgan fingerprint density at radius 2 is 1.59 bits per heavy atom. The van der Waals surface area contributed by atoms with Crippen LogP contribution in [0.3, 0.4) is 0 Å². The summed E-state index contributed by atoms with van der Waals surface area (Å²) in [7, 11) is 0. The minimum absolute atomic E-state index is 0.0435. The van der Waals surface area contributed by atoms with Crippen molar-refractivity contribution in [2.24, 2.45) is 0 Å². The first-order chi connectivity index (χ1) is 16.1. The van der Waals surface area contributed by atoms with Crippen molar-refractivity contribution < 1.29 is 23.5 Å². The van der Waals surface area contributed by atoms with E-state index in [4.69, 9.17) is 27.9 Å². The second kappa shape index (κ2) is 11.4. The van der Waals surface area contributed by atoms with Gasteiger partial charge in [0, 0.05) is 18.7 Å². The van der Waals surface area contributed by atoms with Crippen molar-refractivity contribution in [3.05, 3.63) is 57.8 Å². The van der Waals surface area contributed by atoms with E-state index in [1.807, 2.05) is 0 Å². The van der Waals surface area contributed by atoms with Crippen molar-refractivity contribution in [1.82, 2.24) is 10.6 Å². The average molecular weight is 509 g/mol. The Morgan fingerprint density at radius 1 is 0.971 bits per heavy atom. The topological polar surface area (TPSA) is 84.5 Å². The molecule has 1 aliphatic rings. The molecule has 9 heteroatoms. The monoisotopic (exact) mass is 508 g/mol. The van der Waals surface area contributed by atoms with E-state index < -0.39 is 23.3 Å². The van der Waals surface area contributed by atoms with E-state index in [9.17, 15) is 14.4 Å². The molecule has 0 bridgehead atoms. The minimum atomic E-state index is -0.906. The predicted octanol–water partition coefficient (Wildman–Crippen LogP) is 4.10. The third-order valence-corrected chi connectivity index (χ3v) is 6.40. The van der Waals surface area contributed by atoms with Gasteiger partial charge >= 0.3 is 5.97 Å². The van der Waals surface area contributed by atoms with Crippen LogP contribution in [0.1, 0.15) is 32.3 Å². The summed E-state index contributed by atoms with van der Waals surface area (Å²) in [6.07, 6.45) is 0.501. The van der Waals surface area contributed by atoms with E-state index >= 15 is 4.39 Å². The summed E-state index contributed by atoms with van der Waals surface area (Å²) < 4.78 is 20.8. The molecule has 1 aliphatic carbocycles. The van der Waals surface area contributed by atoms with Crippen LogP contribution in [0.15, 0.2) is 36.4 Å². The van der Waals surface area contributed by atoms with Crippen molar-refractivity contribution in [2.75, 3.05) is 26.2 Å². The van der Waals surface area contributed by atoms with E-state index in [1.54, 1.807) is 30.3 Å². The number of Topliss-reactive ketones (excluding diaryl/α,β-unsaturated/α-hetero) is 2. The SMILES string of the molecule is CC(=O)CNCC(CNCC(C)=O)OC(=O)C1(c2ccc(-c3ccc(Cl)c(Cl)c3)c(F)c2)CC1. The molecular formula is C25H27Cl2FN2O4. The normalized spacial score (nSPS) is 14.2. The number of benzene rings is 2. The highest BCUT2D eigenvalue weighted by molar-refractivity contribution is 6.42. The molecule has 1 fully saturated rings. The van der Waals surface area contributed by atoms with Gasteiger partial charge in [0.25, 0.3) is 0 Å². The van der Waals surface area contributed by atoms with Gasteiger partial charge in [0.1, 0.15) is 23.5 Å². The molecule has 34 heavy (non-hydrogen) atoms. The Hall–Kier alpha value is -2.32. The third-order valence-electron chi connectivity index (χ3n) is 5.66. The summed E-state index contributed by atoms with van der Waals surface area (Å²) in [4.78, 5) is 35.6. The summed E-state index contributed by atoms with van der Waals surface area (Å²) in [5.74, 6) is -1.01. The van der Waals surface area contributed by atoms with Crippen LogP contribution in [0.5, 0.6) is 0 Å². The van der Waals surface area contributed by atoms with E-state index in [1.165, 1.54) is 19.9 Å². The lowest BCUT2D eigenvalue weighted by Gasteiger charge is -2.23. The van der Waals surface area contributed by atoms with Crippen LogP contribution < -0.4 is 10.6 Å². The number of nitrogens with one attached hydrogen (secondary N) is 2. The molecule has 2 N–H and O–H groups in total. The molecule has 3 rings (SSSR count). The number of halogens is 3. The standard InChI is InChI=1S/C25H27Cl2FN2O4/c1-15(31)11-29-13-19(14-30-12-16(2)32)34-24(33)25(7-8-25)18-4-5-20(23(28)10-18)17-3-6-21(26)22(27)9-17/h3-6,9-10,19,29-30H,7-8,11-14H2,1-2H3. The lowest BCUT2D eigenvalue weighted by atomic mass is 9.93. The molecule has 182 valence electrons. The third kappa shape index (κ3) is 6.63. The number of ether oxygens (including phenoxy) is 1. The van der Waals surface area contributed by atoms with E-state index in [0.717, 1.165) is 0 Å². The van der Waals surface area contributed by atoms with Crippen LogP contribution in [0, 0.1) is 5.82 Å². The van der Waals surface area contributed by atoms with Gasteiger partial charge in [-0.1, -0.05) is 41.4 Å². The highest BCUT2D eigenvalue weighted by atomic mass is 35.5. The molecule has 1 saturated carbocycles. The molecule has 0 atom stereocenters. The zero-order chi connectivity index (χ0) is 24.9. The smallest absolute Gasteiger partial charge is 0.316 e. The Labute approximate surface area is 208 Å². The molecule has 0 aliphatic heterocycles. The minimum Gasteiger partial charge on any atom is -0.459 e. The first-order valence-electron chi connectivity index (χ1n) is 11.0. The summed E-state index contributed by atoms with van der Waals surface area (Å²) >= 11 is 12.0. The van der Waals surface area contributed by atoms with Crippen LogP contribution in [0.2, 0.25) is 10.0 Å². The maximum Gasteiger partial charge on any atom is 0.316 e. The Kier molecular flexibility index (Phi) is 8.82. The molecule has 0 amide bonds. The number of esters is 1.